The summed E-state index contributed by atoms with van der Waals surface area (Å²) < 4.78 is 43.8. The number of nitrogens with one attached hydrogen (secondary N) is 3. The third kappa shape index (κ3) is 18.7. The number of likely N-dealkylation sites (tertiary alicyclic amines) is 1. The zero-order valence-electron chi connectivity index (χ0n) is 52.8. The number of benzene rings is 4. The van der Waals surface area contributed by atoms with Crippen molar-refractivity contribution < 1.29 is 52.0 Å². The van der Waals surface area contributed by atoms with Crippen LogP contribution in [0, 0.1) is 11.3 Å². The molecule has 4 aromatic carbocycles. The molecule has 0 aliphatic carbocycles. The van der Waals surface area contributed by atoms with E-state index in [1.807, 2.05) is 36.4 Å². The number of piperidine rings is 1. The van der Waals surface area contributed by atoms with Gasteiger partial charge < -0.3 is 53.9 Å². The Morgan fingerprint density at radius 2 is 1.51 bits per heavy atom. The molecule has 21 nitrogen and oxygen atoms in total. The van der Waals surface area contributed by atoms with E-state index in [4.69, 9.17) is 56.9 Å². The maximum Gasteiger partial charge on any atom is 0.319 e. The molecule has 0 bridgehead atoms. The highest BCUT2D eigenvalue weighted by Crippen LogP contribution is 2.38. The normalized spacial score (nSPS) is 18.2. The molecule has 93 heavy (non-hydrogen) atoms. The highest BCUT2D eigenvalue weighted by Gasteiger charge is 2.40. The van der Waals surface area contributed by atoms with Crippen molar-refractivity contribution >= 4 is 80.8 Å². The Morgan fingerprint density at radius 1 is 0.763 bits per heavy atom. The molecule has 0 radical (unpaired) electrons. The Kier molecular flexibility index (Phi) is 25.1. The summed E-state index contributed by atoms with van der Waals surface area (Å²) in [6.45, 7) is 12.4. The van der Waals surface area contributed by atoms with Gasteiger partial charge in [0, 0.05) is 104 Å². The number of rotatable bonds is 33. The second kappa shape index (κ2) is 34.1. The number of halogens is 3. The van der Waals surface area contributed by atoms with Crippen LogP contribution in [-0.4, -0.2) is 171 Å². The van der Waals surface area contributed by atoms with Crippen LogP contribution in [0.3, 0.4) is 0 Å². The van der Waals surface area contributed by atoms with E-state index in [1.165, 1.54) is 9.80 Å². The molecule has 5 aliphatic rings. The molecule has 3 saturated heterocycles. The Morgan fingerprint density at radius 3 is 2.27 bits per heavy atom. The number of aryl methyl sites for hydroxylation is 1. The van der Waals surface area contributed by atoms with Crippen molar-refractivity contribution in [2.24, 2.45) is 0 Å². The van der Waals surface area contributed by atoms with E-state index in [0.29, 0.717) is 120 Å². The number of imide groups is 1. The van der Waals surface area contributed by atoms with E-state index in [-0.39, 0.29) is 62.4 Å². The summed E-state index contributed by atoms with van der Waals surface area (Å²) in [4.78, 5) is 82.6. The Hall–Kier alpha value is -7.49. The first-order chi connectivity index (χ1) is 45.3. The number of piperazine rings is 1. The average Bonchev–Trinajstić information content (AvgIpc) is 1.29. The number of hydrogen-bond acceptors (Lipinski definition) is 16. The molecule has 5 aliphatic heterocycles. The molecular weight excluding hydrogens is 1230 g/mol. The lowest BCUT2D eigenvalue weighted by Crippen LogP contribution is -2.55. The molecule has 24 heteroatoms. The van der Waals surface area contributed by atoms with Gasteiger partial charge in [-0.1, -0.05) is 91.9 Å². The summed E-state index contributed by atoms with van der Waals surface area (Å²) in [5, 5.41) is 21.1. The number of urea groups is 1. The van der Waals surface area contributed by atoms with Gasteiger partial charge in [-0.15, -0.1) is 0 Å². The number of ether oxygens (including phenoxy) is 5. The van der Waals surface area contributed by atoms with Gasteiger partial charge in [-0.25, -0.2) is 9.18 Å². The van der Waals surface area contributed by atoms with Gasteiger partial charge in [0.05, 0.1) is 75.4 Å². The van der Waals surface area contributed by atoms with Crippen LogP contribution in [0.5, 0.6) is 6.01 Å². The van der Waals surface area contributed by atoms with Crippen LogP contribution in [0.2, 0.25) is 10.0 Å². The molecule has 0 spiro atoms. The Bertz CT molecular complexity index is 3500. The maximum absolute atomic E-state index is 14.1. The van der Waals surface area contributed by atoms with Crippen molar-refractivity contribution in [2.75, 3.05) is 114 Å². The molecule has 3 fully saturated rings. The van der Waals surface area contributed by atoms with Crippen LogP contribution in [0.25, 0.3) is 10.8 Å². The highest BCUT2D eigenvalue weighted by molar-refractivity contribution is 6.36. The molecule has 1 unspecified atom stereocenters. The molecule has 6 amide bonds. The van der Waals surface area contributed by atoms with Gasteiger partial charge in [0.2, 0.25) is 11.8 Å². The van der Waals surface area contributed by atoms with Gasteiger partial charge in [-0.3, -0.25) is 29.4 Å². The second-order valence-corrected chi connectivity index (χ2v) is 25.1. The first-order valence-electron chi connectivity index (χ1n) is 32.7. The molecular formula is C69H84Cl2FN11O10. The summed E-state index contributed by atoms with van der Waals surface area (Å²) in [6.07, 6.45) is 11.4. The lowest BCUT2D eigenvalue weighted by Gasteiger charge is -2.42. The fraction of sp³-hybridized carbons (Fsp3) is 0.507. The van der Waals surface area contributed by atoms with E-state index < -0.39 is 29.7 Å². The second-order valence-electron chi connectivity index (χ2n) is 24.3. The molecule has 1 aromatic heterocycles. The number of aromatic nitrogens is 2. The largest absolute Gasteiger partial charge is 0.462 e. The smallest absolute Gasteiger partial charge is 0.319 e. The van der Waals surface area contributed by atoms with Crippen LogP contribution >= 0.6 is 23.2 Å². The van der Waals surface area contributed by atoms with E-state index in [1.54, 1.807) is 18.2 Å². The van der Waals surface area contributed by atoms with E-state index in [0.717, 1.165) is 128 Å². The molecule has 10 rings (SSSR count). The number of carbonyl (C=O) groups excluding carboxylic acids is 5. The number of hydrogen-bond donors (Lipinski definition) is 3. The number of carbonyl (C=O) groups is 5. The topological polar surface area (TPSA) is 233 Å². The lowest BCUT2D eigenvalue weighted by molar-refractivity contribution is -0.137. The lowest BCUT2D eigenvalue weighted by atomic mass is 10.0. The SMILES string of the molecule is C=C(F)C(=O)N1CCN(c2nc(OC[C@@H]3CCCN3CCCOCCOCCOCCOCCCCCCCCc3cc(Cl)cc(NC(=O)NCc4ccc5c(c4)CN(C4CCC(=O)NC4=O)C5=O)c3)nc3c2CCN(c2cccc4cccc(Cl)c24)C3)C[C@@H]1CC#N. The van der Waals surface area contributed by atoms with Crippen molar-refractivity contribution in [2.45, 2.75) is 128 Å². The van der Waals surface area contributed by atoms with Crippen molar-refractivity contribution in [1.29, 1.82) is 5.26 Å². The molecule has 496 valence electrons. The highest BCUT2D eigenvalue weighted by atomic mass is 35.5. The van der Waals surface area contributed by atoms with Gasteiger partial charge in [0.1, 0.15) is 18.5 Å². The van der Waals surface area contributed by atoms with Gasteiger partial charge in [0.15, 0.2) is 5.83 Å². The first kappa shape index (κ1) is 68.4. The zero-order chi connectivity index (χ0) is 65.1. The van der Waals surface area contributed by atoms with Gasteiger partial charge in [-0.2, -0.15) is 15.2 Å². The maximum atomic E-state index is 14.1. The Balaban J connectivity index is 0.547. The Labute approximate surface area is 553 Å². The van der Waals surface area contributed by atoms with Crippen molar-refractivity contribution in [3.63, 3.8) is 0 Å². The monoisotopic (exact) mass is 1320 g/mol. The summed E-state index contributed by atoms with van der Waals surface area (Å²) in [7, 11) is 0. The third-order valence-electron chi connectivity index (χ3n) is 17.8. The van der Waals surface area contributed by atoms with E-state index in [2.05, 4.69) is 61.5 Å². The van der Waals surface area contributed by atoms with Gasteiger partial charge in [0.25, 0.3) is 11.8 Å². The third-order valence-corrected chi connectivity index (χ3v) is 18.3. The minimum atomic E-state index is -1.04. The predicted molar refractivity (Wildman–Crippen MR) is 353 cm³/mol. The van der Waals surface area contributed by atoms with E-state index >= 15 is 0 Å². The minimum Gasteiger partial charge on any atom is -0.462 e. The number of amides is 6. The zero-order valence-corrected chi connectivity index (χ0v) is 54.3. The molecule has 3 N–H and O–H groups in total. The van der Waals surface area contributed by atoms with Crippen LogP contribution < -0.4 is 30.5 Å². The summed E-state index contributed by atoms with van der Waals surface area (Å²) in [5.41, 5.74) is 6.62. The number of unbranched alkanes of at least 4 members (excludes halogenated alkanes) is 5. The molecule has 3 atom stereocenters. The molecule has 5 aromatic rings. The van der Waals surface area contributed by atoms with Crippen LogP contribution in [0.1, 0.15) is 115 Å². The average molecular weight is 1320 g/mol. The minimum absolute atomic E-state index is 0.0409. The first-order valence-corrected chi connectivity index (χ1v) is 33.4. The van der Waals surface area contributed by atoms with Crippen molar-refractivity contribution in [3.8, 4) is 12.1 Å². The summed E-state index contributed by atoms with van der Waals surface area (Å²) in [5.74, 6) is -2.13. The van der Waals surface area contributed by atoms with Crippen molar-refractivity contribution in [1.82, 2.24) is 35.3 Å². The van der Waals surface area contributed by atoms with Crippen molar-refractivity contribution in [3.05, 3.63) is 129 Å². The number of nitrogens with zero attached hydrogens (tertiary/aromatic N) is 8. The standard InChI is InChI=1S/C69H84Cl2FN11O10/c1-47(72)66(86)82-29-28-81(44-54(82)22-24-73)64-57-23-27-80(60-17-9-14-50-13-8-16-58(71)63(50)60)45-59(57)76-69(78-64)93-46-55-15-10-25-79(55)26-11-31-90-33-35-92-37-36-91-34-32-89-30-7-5-3-2-4-6-12-48-39-52(70)41-53(40-48)75-68(88)74-42-49-18-19-56-51(38-49)43-83(67(56)87)61-20-21-62(84)77-65(61)85/h8-9,13-14,16-19,38-41,54-55,61H,1-7,10-12,15,20-23,25-37,42-46H2,(H2,74,75,88)(H,77,84,85)/t54-,55-,61?/m0/s1. The number of fused-ring (bicyclic) bond motifs is 3. The predicted octanol–water partition coefficient (Wildman–Crippen LogP) is 9.88. The summed E-state index contributed by atoms with van der Waals surface area (Å²) in [6, 6.07) is 24.1. The molecule has 6 heterocycles. The summed E-state index contributed by atoms with van der Waals surface area (Å²) >= 11 is 13.2. The molecule has 0 saturated carbocycles. The van der Waals surface area contributed by atoms with Crippen LogP contribution in [0.4, 0.5) is 26.4 Å². The quantitative estimate of drug-likeness (QED) is 0.0201. The van der Waals surface area contributed by atoms with Gasteiger partial charge >= 0.3 is 12.0 Å². The fourth-order valence-corrected chi connectivity index (χ4v) is 13.6. The number of anilines is 3. The van der Waals surface area contributed by atoms with E-state index in [9.17, 15) is 33.6 Å². The number of nitriles is 1. The van der Waals surface area contributed by atoms with Crippen LogP contribution in [-0.2, 0) is 65.8 Å². The fourth-order valence-electron chi connectivity index (χ4n) is 13.1. The van der Waals surface area contributed by atoms with Crippen LogP contribution in [0.15, 0.2) is 85.2 Å². The van der Waals surface area contributed by atoms with Gasteiger partial charge in [-0.05, 0) is 116 Å².